The highest BCUT2D eigenvalue weighted by molar-refractivity contribution is 6.20. The van der Waals surface area contributed by atoms with Crippen LogP contribution in [0.5, 0.6) is 11.5 Å². The lowest BCUT2D eigenvalue weighted by Crippen LogP contribution is -1.99. The Kier molecular flexibility index (Phi) is 6.27. The molecule has 0 spiro atoms. The molecule has 2 nitrogen and oxygen atoms in total. The third kappa shape index (κ3) is 3.77. The van der Waals surface area contributed by atoms with E-state index in [0.717, 1.165) is 25.7 Å². The lowest BCUT2D eigenvalue weighted by atomic mass is 10.0. The van der Waals surface area contributed by atoms with Crippen molar-refractivity contribution in [1.82, 2.24) is 0 Å². The van der Waals surface area contributed by atoms with Crippen molar-refractivity contribution in [3.05, 3.63) is 23.5 Å². The van der Waals surface area contributed by atoms with Crippen molar-refractivity contribution in [2.45, 2.75) is 38.0 Å². The summed E-state index contributed by atoms with van der Waals surface area (Å²) >= 11 is 6.24. The summed E-state index contributed by atoms with van der Waals surface area (Å²) in [6.45, 7) is 2.13. The minimum Gasteiger partial charge on any atom is -0.493 e. The molecule has 0 amide bonds. The number of benzene rings is 1. The van der Waals surface area contributed by atoms with Gasteiger partial charge in [0.25, 0.3) is 0 Å². The number of hydrogen-bond acceptors (Lipinski definition) is 2. The second kappa shape index (κ2) is 7.47. The third-order valence-corrected chi connectivity index (χ3v) is 3.35. The van der Waals surface area contributed by atoms with Crippen molar-refractivity contribution >= 4 is 11.6 Å². The maximum absolute atomic E-state index is 13.9. The molecule has 1 aromatic carbocycles. The normalized spacial score (nSPS) is 12.3. The Balaban J connectivity index is 2.87. The molecular weight excluding hydrogens is 255 g/mol. The fourth-order valence-electron chi connectivity index (χ4n) is 1.84. The monoisotopic (exact) mass is 274 g/mol. The van der Waals surface area contributed by atoms with E-state index in [2.05, 4.69) is 6.92 Å². The number of unbranched alkanes of at least 4 members (excludes halogenated alkanes) is 2. The zero-order valence-corrected chi connectivity index (χ0v) is 11.9. The molecule has 102 valence electrons. The number of ether oxygens (including phenoxy) is 2. The van der Waals surface area contributed by atoms with Crippen LogP contribution >= 0.6 is 11.6 Å². The van der Waals surface area contributed by atoms with Gasteiger partial charge in [-0.1, -0.05) is 26.2 Å². The van der Waals surface area contributed by atoms with Gasteiger partial charge < -0.3 is 9.47 Å². The summed E-state index contributed by atoms with van der Waals surface area (Å²) in [4.78, 5) is 0. The fourth-order valence-corrected chi connectivity index (χ4v) is 2.16. The molecule has 0 aliphatic heterocycles. The second-order valence-electron chi connectivity index (χ2n) is 4.19. The summed E-state index contributed by atoms with van der Waals surface area (Å²) in [5, 5.41) is -0.323. The zero-order valence-electron chi connectivity index (χ0n) is 11.1. The smallest absolute Gasteiger partial charge is 0.163 e. The first-order valence-electron chi connectivity index (χ1n) is 6.19. The first-order valence-corrected chi connectivity index (χ1v) is 6.63. The molecule has 0 fully saturated rings. The second-order valence-corrected chi connectivity index (χ2v) is 4.72. The Bertz CT molecular complexity index is 382. The molecule has 18 heavy (non-hydrogen) atoms. The molecule has 0 aromatic heterocycles. The van der Waals surface area contributed by atoms with Crippen LogP contribution in [-0.2, 0) is 0 Å². The van der Waals surface area contributed by atoms with Gasteiger partial charge in [0.1, 0.15) is 5.82 Å². The summed E-state index contributed by atoms with van der Waals surface area (Å²) in [5.41, 5.74) is 0.477. The van der Waals surface area contributed by atoms with Gasteiger partial charge in [0.05, 0.1) is 19.6 Å². The maximum atomic E-state index is 13.9. The van der Waals surface area contributed by atoms with E-state index in [1.165, 1.54) is 20.3 Å². The average Bonchev–Trinajstić information content (AvgIpc) is 2.38. The van der Waals surface area contributed by atoms with Crippen LogP contribution in [-0.4, -0.2) is 14.2 Å². The van der Waals surface area contributed by atoms with Crippen molar-refractivity contribution in [3.8, 4) is 11.5 Å². The van der Waals surface area contributed by atoms with E-state index in [0.29, 0.717) is 17.1 Å². The molecule has 1 atom stereocenters. The van der Waals surface area contributed by atoms with E-state index >= 15 is 0 Å². The van der Waals surface area contributed by atoms with Gasteiger partial charge in [0, 0.05) is 11.6 Å². The van der Waals surface area contributed by atoms with Crippen molar-refractivity contribution in [2.75, 3.05) is 14.2 Å². The molecule has 0 radical (unpaired) electrons. The lowest BCUT2D eigenvalue weighted by Gasteiger charge is -2.14. The van der Waals surface area contributed by atoms with Crippen LogP contribution in [0.25, 0.3) is 0 Å². The highest BCUT2D eigenvalue weighted by atomic mass is 35.5. The van der Waals surface area contributed by atoms with Gasteiger partial charge in [-0.2, -0.15) is 0 Å². The van der Waals surface area contributed by atoms with E-state index in [1.54, 1.807) is 6.07 Å². The van der Waals surface area contributed by atoms with E-state index in [9.17, 15) is 4.39 Å². The molecule has 1 aromatic rings. The van der Waals surface area contributed by atoms with Crippen LogP contribution in [0, 0.1) is 5.82 Å². The first-order chi connectivity index (χ1) is 8.63. The van der Waals surface area contributed by atoms with Crippen LogP contribution in [0.2, 0.25) is 0 Å². The standard InChI is InChI=1S/C14H20ClFO2/c1-4-5-6-7-11(15)10-8-13(17-2)14(18-3)9-12(10)16/h8-9,11H,4-7H2,1-3H3. The molecule has 4 heteroatoms. The quantitative estimate of drug-likeness (QED) is 0.530. The number of halogens is 2. The Morgan fingerprint density at radius 3 is 2.33 bits per heavy atom. The SMILES string of the molecule is CCCCCC(Cl)c1cc(OC)c(OC)cc1F. The Labute approximate surface area is 113 Å². The van der Waals surface area contributed by atoms with Crippen LogP contribution in [0.4, 0.5) is 4.39 Å². The number of rotatable bonds is 7. The summed E-state index contributed by atoms with van der Waals surface area (Å²) in [5.74, 6) is 0.551. The molecule has 0 saturated carbocycles. The lowest BCUT2D eigenvalue weighted by molar-refractivity contribution is 0.351. The Morgan fingerprint density at radius 2 is 1.78 bits per heavy atom. The summed E-state index contributed by atoms with van der Waals surface area (Å²) in [7, 11) is 3.01. The van der Waals surface area contributed by atoms with Crippen LogP contribution in [0.3, 0.4) is 0 Å². The third-order valence-electron chi connectivity index (χ3n) is 2.90. The maximum Gasteiger partial charge on any atom is 0.163 e. The molecule has 1 rings (SSSR count). The highest BCUT2D eigenvalue weighted by Crippen LogP contribution is 2.36. The molecule has 0 saturated heterocycles. The Morgan fingerprint density at radius 1 is 1.17 bits per heavy atom. The predicted molar refractivity (Wildman–Crippen MR) is 72.2 cm³/mol. The number of hydrogen-bond donors (Lipinski definition) is 0. The van der Waals surface area contributed by atoms with Gasteiger partial charge in [0.2, 0.25) is 0 Å². The predicted octanol–water partition coefficient (Wildman–Crippen LogP) is 4.70. The summed E-state index contributed by atoms with van der Waals surface area (Å²) < 4.78 is 24.1. The summed E-state index contributed by atoms with van der Waals surface area (Å²) in [6, 6.07) is 2.95. The van der Waals surface area contributed by atoms with Crippen molar-refractivity contribution in [1.29, 1.82) is 0 Å². The minimum absolute atomic E-state index is 0.323. The molecule has 0 aliphatic rings. The van der Waals surface area contributed by atoms with Crippen molar-refractivity contribution in [3.63, 3.8) is 0 Å². The number of methoxy groups -OCH3 is 2. The average molecular weight is 275 g/mol. The zero-order chi connectivity index (χ0) is 13.5. The van der Waals surface area contributed by atoms with Gasteiger partial charge in [-0.25, -0.2) is 4.39 Å². The molecule has 0 heterocycles. The van der Waals surface area contributed by atoms with Crippen LogP contribution in [0.1, 0.15) is 43.5 Å². The van der Waals surface area contributed by atoms with Crippen LogP contribution in [0.15, 0.2) is 12.1 Å². The molecule has 0 aliphatic carbocycles. The van der Waals surface area contributed by atoms with Crippen molar-refractivity contribution in [2.24, 2.45) is 0 Å². The Hall–Kier alpha value is -0.960. The van der Waals surface area contributed by atoms with Gasteiger partial charge >= 0.3 is 0 Å². The van der Waals surface area contributed by atoms with Gasteiger partial charge in [-0.15, -0.1) is 11.6 Å². The van der Waals surface area contributed by atoms with Gasteiger partial charge in [-0.05, 0) is 12.5 Å². The highest BCUT2D eigenvalue weighted by Gasteiger charge is 2.17. The first kappa shape index (κ1) is 15.1. The summed E-state index contributed by atoms with van der Waals surface area (Å²) in [6.07, 6.45) is 4.00. The molecule has 0 bridgehead atoms. The van der Waals surface area contributed by atoms with E-state index in [-0.39, 0.29) is 11.2 Å². The molecule has 0 N–H and O–H groups in total. The minimum atomic E-state index is -0.343. The van der Waals surface area contributed by atoms with Gasteiger partial charge in [-0.3, -0.25) is 0 Å². The molecule has 1 unspecified atom stereocenters. The fraction of sp³-hybridized carbons (Fsp3) is 0.571. The van der Waals surface area contributed by atoms with Crippen LogP contribution < -0.4 is 9.47 Å². The van der Waals surface area contributed by atoms with E-state index < -0.39 is 0 Å². The van der Waals surface area contributed by atoms with Crippen molar-refractivity contribution < 1.29 is 13.9 Å². The topological polar surface area (TPSA) is 18.5 Å². The largest absolute Gasteiger partial charge is 0.493 e. The van der Waals surface area contributed by atoms with E-state index in [4.69, 9.17) is 21.1 Å². The van der Waals surface area contributed by atoms with Gasteiger partial charge in [0.15, 0.2) is 11.5 Å². The van der Waals surface area contributed by atoms with E-state index in [1.807, 2.05) is 0 Å². The number of alkyl halides is 1. The molecular formula is C14H20ClFO2.